The molecule has 114 valence electrons. The van der Waals surface area contributed by atoms with E-state index in [4.69, 9.17) is 0 Å². The van der Waals surface area contributed by atoms with E-state index < -0.39 is 0 Å². The second-order valence-electron chi connectivity index (χ2n) is 6.42. The first-order valence-corrected chi connectivity index (χ1v) is 7.76. The number of hydrogen-bond donors (Lipinski definition) is 0. The van der Waals surface area contributed by atoms with Gasteiger partial charge in [0.25, 0.3) is 0 Å². The molecule has 0 spiro atoms. The molecule has 22 heavy (non-hydrogen) atoms. The molecule has 4 heteroatoms. The molecule has 0 bridgehead atoms. The van der Waals surface area contributed by atoms with E-state index >= 15 is 0 Å². The third-order valence-corrected chi connectivity index (χ3v) is 4.71. The monoisotopic (exact) mass is 297 g/mol. The smallest absolute Gasteiger partial charge is 0.200 e. The Balaban J connectivity index is 1.91. The van der Waals surface area contributed by atoms with E-state index in [1.807, 2.05) is 24.4 Å². The normalized spacial score (nSPS) is 19.2. The third-order valence-electron chi connectivity index (χ3n) is 4.71. The van der Waals surface area contributed by atoms with Gasteiger partial charge in [-0.3, -0.25) is 4.57 Å². The summed E-state index contributed by atoms with van der Waals surface area (Å²) in [6.45, 7) is 4.29. The fraction of sp³-hybridized carbons (Fsp3) is 0.333. The van der Waals surface area contributed by atoms with Gasteiger partial charge < -0.3 is 9.80 Å². The molecule has 1 aromatic carbocycles. The van der Waals surface area contributed by atoms with Gasteiger partial charge in [0.05, 0.1) is 5.69 Å². The Bertz CT molecular complexity index is 760. The summed E-state index contributed by atoms with van der Waals surface area (Å²) in [6, 6.07) is 9.78. The molecule has 2 aromatic rings. The van der Waals surface area contributed by atoms with Crippen molar-refractivity contribution in [1.29, 1.82) is 0 Å². The molecule has 0 saturated heterocycles. The van der Waals surface area contributed by atoms with Gasteiger partial charge in [-0.05, 0) is 23.6 Å². The SMILES string of the molecule is CC(C)c1ccccc1-n1c(F)cc2c1N1C=CN(C)C1C2. The highest BCUT2D eigenvalue weighted by atomic mass is 19.1. The molecule has 0 N–H and O–H groups in total. The lowest BCUT2D eigenvalue weighted by molar-refractivity contribution is 0.366. The van der Waals surface area contributed by atoms with E-state index in [2.05, 4.69) is 43.0 Å². The molecule has 0 fully saturated rings. The predicted octanol–water partition coefficient (Wildman–Crippen LogP) is 3.85. The zero-order chi connectivity index (χ0) is 15.4. The predicted molar refractivity (Wildman–Crippen MR) is 86.7 cm³/mol. The van der Waals surface area contributed by atoms with E-state index in [-0.39, 0.29) is 12.1 Å². The van der Waals surface area contributed by atoms with Crippen molar-refractivity contribution in [3.05, 3.63) is 59.8 Å². The van der Waals surface area contributed by atoms with Gasteiger partial charge in [0.2, 0.25) is 0 Å². The molecule has 1 unspecified atom stereocenters. The number of para-hydroxylation sites is 1. The van der Waals surface area contributed by atoms with Gasteiger partial charge >= 0.3 is 0 Å². The summed E-state index contributed by atoms with van der Waals surface area (Å²) in [5, 5.41) is 0. The van der Waals surface area contributed by atoms with Crippen molar-refractivity contribution < 1.29 is 4.39 Å². The molecule has 0 aliphatic carbocycles. The molecule has 3 heterocycles. The Morgan fingerprint density at radius 2 is 1.95 bits per heavy atom. The van der Waals surface area contributed by atoms with Crippen LogP contribution in [0.3, 0.4) is 0 Å². The first-order chi connectivity index (χ1) is 10.6. The van der Waals surface area contributed by atoms with Crippen molar-refractivity contribution in [3.63, 3.8) is 0 Å². The van der Waals surface area contributed by atoms with Crippen molar-refractivity contribution in [2.45, 2.75) is 32.4 Å². The van der Waals surface area contributed by atoms with Crippen LogP contribution in [0.25, 0.3) is 5.69 Å². The van der Waals surface area contributed by atoms with E-state index in [0.717, 1.165) is 23.5 Å². The number of hydrogen-bond acceptors (Lipinski definition) is 2. The lowest BCUT2D eigenvalue weighted by Gasteiger charge is -2.25. The van der Waals surface area contributed by atoms with Gasteiger partial charge in [-0.25, -0.2) is 0 Å². The number of anilines is 1. The number of nitrogens with zero attached hydrogens (tertiary/aromatic N) is 3. The molecule has 2 aliphatic rings. The van der Waals surface area contributed by atoms with Crippen LogP contribution in [0.4, 0.5) is 10.2 Å². The number of fused-ring (bicyclic) bond motifs is 3. The van der Waals surface area contributed by atoms with Crippen LogP contribution in [0.15, 0.2) is 42.7 Å². The molecule has 4 rings (SSSR count). The molecule has 1 atom stereocenters. The summed E-state index contributed by atoms with van der Waals surface area (Å²) >= 11 is 0. The second-order valence-corrected chi connectivity index (χ2v) is 6.42. The molecular formula is C18H20FN3. The highest BCUT2D eigenvalue weighted by molar-refractivity contribution is 5.64. The first kappa shape index (κ1) is 13.4. The van der Waals surface area contributed by atoms with Crippen molar-refractivity contribution in [2.75, 3.05) is 11.9 Å². The summed E-state index contributed by atoms with van der Waals surface area (Å²) in [6.07, 6.45) is 5.23. The summed E-state index contributed by atoms with van der Waals surface area (Å²) < 4.78 is 16.4. The number of aromatic nitrogens is 1. The van der Waals surface area contributed by atoms with Crippen LogP contribution in [-0.2, 0) is 6.42 Å². The molecule has 0 radical (unpaired) electrons. The highest BCUT2D eigenvalue weighted by Crippen LogP contribution is 2.41. The Labute approximate surface area is 130 Å². The lowest BCUT2D eigenvalue weighted by atomic mass is 10.0. The number of likely N-dealkylation sites (N-methyl/N-ethyl adjacent to an activating group) is 1. The fourth-order valence-corrected chi connectivity index (χ4v) is 3.58. The average Bonchev–Trinajstić information content (AvgIpc) is 3.10. The number of halogens is 1. The Hall–Kier alpha value is -2.23. The molecule has 1 aromatic heterocycles. The van der Waals surface area contributed by atoms with Crippen molar-refractivity contribution >= 4 is 5.82 Å². The Morgan fingerprint density at radius 3 is 2.73 bits per heavy atom. The van der Waals surface area contributed by atoms with Gasteiger partial charge in [0, 0.05) is 31.4 Å². The van der Waals surface area contributed by atoms with Gasteiger partial charge in [0.15, 0.2) is 5.95 Å². The summed E-state index contributed by atoms with van der Waals surface area (Å²) in [5.74, 6) is 1.14. The van der Waals surface area contributed by atoms with Crippen LogP contribution >= 0.6 is 0 Å². The zero-order valence-electron chi connectivity index (χ0n) is 13.1. The topological polar surface area (TPSA) is 11.4 Å². The van der Waals surface area contributed by atoms with Gasteiger partial charge in [-0.2, -0.15) is 4.39 Å². The maximum absolute atomic E-state index is 14.7. The Morgan fingerprint density at radius 1 is 1.18 bits per heavy atom. The maximum atomic E-state index is 14.7. The first-order valence-electron chi connectivity index (χ1n) is 7.76. The largest absolute Gasteiger partial charge is 0.358 e. The van der Waals surface area contributed by atoms with Crippen LogP contribution in [-0.4, -0.2) is 22.7 Å². The summed E-state index contributed by atoms with van der Waals surface area (Å²) in [7, 11) is 2.07. The van der Waals surface area contributed by atoms with Crippen LogP contribution in [0.1, 0.15) is 30.9 Å². The molecule has 0 amide bonds. The lowest BCUT2D eigenvalue weighted by Crippen LogP contribution is -2.34. The van der Waals surface area contributed by atoms with Crippen LogP contribution < -0.4 is 4.90 Å². The van der Waals surface area contributed by atoms with Gasteiger partial charge in [-0.1, -0.05) is 32.0 Å². The van der Waals surface area contributed by atoms with Crippen LogP contribution in [0, 0.1) is 5.95 Å². The van der Waals surface area contributed by atoms with E-state index in [9.17, 15) is 4.39 Å². The van der Waals surface area contributed by atoms with Crippen LogP contribution in [0.5, 0.6) is 0 Å². The number of rotatable bonds is 2. The molecule has 0 saturated carbocycles. The van der Waals surface area contributed by atoms with Gasteiger partial charge in [-0.15, -0.1) is 0 Å². The quantitative estimate of drug-likeness (QED) is 0.834. The van der Waals surface area contributed by atoms with Gasteiger partial charge in [0.1, 0.15) is 12.0 Å². The summed E-state index contributed by atoms with van der Waals surface area (Å²) in [5.41, 5.74) is 3.19. The number of benzene rings is 1. The fourth-order valence-electron chi connectivity index (χ4n) is 3.58. The minimum atomic E-state index is -0.181. The van der Waals surface area contributed by atoms with E-state index in [1.165, 1.54) is 5.56 Å². The van der Waals surface area contributed by atoms with Crippen molar-refractivity contribution in [2.24, 2.45) is 0 Å². The minimum Gasteiger partial charge on any atom is -0.358 e. The Kier molecular flexibility index (Phi) is 2.83. The molecule has 2 aliphatic heterocycles. The average molecular weight is 297 g/mol. The minimum absolute atomic E-state index is 0.181. The zero-order valence-corrected chi connectivity index (χ0v) is 13.1. The van der Waals surface area contributed by atoms with E-state index in [1.54, 1.807) is 10.6 Å². The highest BCUT2D eigenvalue weighted by Gasteiger charge is 2.38. The maximum Gasteiger partial charge on any atom is 0.200 e. The van der Waals surface area contributed by atoms with Crippen molar-refractivity contribution in [3.8, 4) is 5.69 Å². The van der Waals surface area contributed by atoms with E-state index in [0.29, 0.717) is 5.92 Å². The van der Waals surface area contributed by atoms with Crippen molar-refractivity contribution in [1.82, 2.24) is 9.47 Å². The molecule has 3 nitrogen and oxygen atoms in total. The third kappa shape index (κ3) is 1.73. The standard InChI is InChI=1S/C18H20FN3/c1-12(2)14-6-4-5-7-15(14)22-16(19)10-13-11-17-20(3)8-9-21(17)18(13)22/h4-10,12,17H,11H2,1-3H3. The molecular weight excluding hydrogens is 277 g/mol. The van der Waals surface area contributed by atoms with Crippen LogP contribution in [0.2, 0.25) is 0 Å². The second kappa shape index (κ2) is 4.63. The summed E-state index contributed by atoms with van der Waals surface area (Å²) in [4.78, 5) is 4.35.